The Balaban J connectivity index is 2.57. The van der Waals surface area contributed by atoms with Gasteiger partial charge in [0.05, 0.1) is 6.10 Å². The van der Waals surface area contributed by atoms with Crippen LogP contribution in [0.2, 0.25) is 0 Å². The quantitative estimate of drug-likeness (QED) is 0.725. The van der Waals surface area contributed by atoms with E-state index < -0.39 is 24.1 Å². The average Bonchev–Trinajstić information content (AvgIpc) is 2.30. The van der Waals surface area contributed by atoms with Gasteiger partial charge in [-0.3, -0.25) is 10.1 Å². The molecule has 6 heteroatoms. The van der Waals surface area contributed by atoms with Gasteiger partial charge < -0.3 is 15.6 Å². The zero-order valence-electron chi connectivity index (χ0n) is 10.9. The molecular formula is C13H18N2O4. The summed E-state index contributed by atoms with van der Waals surface area (Å²) >= 11 is 0. The van der Waals surface area contributed by atoms with E-state index in [4.69, 9.17) is 10.5 Å². The maximum Gasteiger partial charge on any atom is 0.318 e. The van der Waals surface area contributed by atoms with Crippen molar-refractivity contribution in [3.8, 4) is 5.75 Å². The van der Waals surface area contributed by atoms with Crippen LogP contribution in [0.3, 0.4) is 0 Å². The first-order valence-electron chi connectivity index (χ1n) is 5.92. The smallest absolute Gasteiger partial charge is 0.318 e. The number of nitrogens with one attached hydrogen (secondary N) is 1. The summed E-state index contributed by atoms with van der Waals surface area (Å²) in [5.74, 6) is -0.0954. The number of carbonyl (C=O) groups excluding carboxylic acids is 2. The van der Waals surface area contributed by atoms with E-state index in [1.165, 1.54) is 6.92 Å². The molecule has 2 atom stereocenters. The Kier molecular flexibility index (Phi) is 5.32. The Hall–Kier alpha value is -2.08. The SMILES string of the molecule is CC(O)Cc1ccc(OC(C)C(=O)NC(N)=O)cc1. The minimum Gasteiger partial charge on any atom is -0.481 e. The number of carbonyl (C=O) groups is 2. The lowest BCUT2D eigenvalue weighted by Gasteiger charge is -2.13. The minimum atomic E-state index is -0.910. The molecule has 1 rings (SSSR count). The topological polar surface area (TPSA) is 102 Å². The summed E-state index contributed by atoms with van der Waals surface area (Å²) in [6, 6.07) is 6.10. The lowest BCUT2D eigenvalue weighted by molar-refractivity contribution is -0.126. The van der Waals surface area contributed by atoms with Crippen LogP contribution in [0.15, 0.2) is 24.3 Å². The monoisotopic (exact) mass is 266 g/mol. The van der Waals surface area contributed by atoms with Gasteiger partial charge in [-0.2, -0.15) is 0 Å². The van der Waals surface area contributed by atoms with Crippen molar-refractivity contribution in [2.45, 2.75) is 32.5 Å². The Bertz CT molecular complexity index is 442. The molecule has 0 spiro atoms. The maximum atomic E-state index is 11.4. The molecule has 0 aliphatic carbocycles. The summed E-state index contributed by atoms with van der Waals surface area (Å²) < 4.78 is 5.35. The lowest BCUT2D eigenvalue weighted by Crippen LogP contribution is -2.42. The number of hydrogen-bond donors (Lipinski definition) is 3. The number of benzene rings is 1. The summed E-state index contributed by atoms with van der Waals surface area (Å²) in [4.78, 5) is 21.9. The van der Waals surface area contributed by atoms with Crippen LogP contribution in [-0.4, -0.2) is 29.3 Å². The highest BCUT2D eigenvalue weighted by molar-refractivity contribution is 5.95. The fourth-order valence-electron chi connectivity index (χ4n) is 1.53. The van der Waals surface area contributed by atoms with E-state index in [2.05, 4.69) is 0 Å². The standard InChI is InChI=1S/C13H18N2O4/c1-8(16)7-10-3-5-11(6-4-10)19-9(2)12(17)15-13(14)18/h3-6,8-9,16H,7H2,1-2H3,(H3,14,15,17,18). The van der Waals surface area contributed by atoms with E-state index in [0.717, 1.165) is 5.56 Å². The van der Waals surface area contributed by atoms with Crippen molar-refractivity contribution in [1.29, 1.82) is 0 Å². The van der Waals surface area contributed by atoms with Gasteiger partial charge in [-0.15, -0.1) is 0 Å². The van der Waals surface area contributed by atoms with Crippen LogP contribution >= 0.6 is 0 Å². The second kappa shape index (κ2) is 6.75. The molecule has 0 radical (unpaired) electrons. The summed E-state index contributed by atoms with van der Waals surface area (Å²) in [5.41, 5.74) is 5.81. The number of hydrogen-bond acceptors (Lipinski definition) is 4. The molecular weight excluding hydrogens is 248 g/mol. The fourth-order valence-corrected chi connectivity index (χ4v) is 1.53. The van der Waals surface area contributed by atoms with E-state index in [9.17, 15) is 14.7 Å². The van der Waals surface area contributed by atoms with Crippen molar-refractivity contribution >= 4 is 11.9 Å². The molecule has 1 aromatic carbocycles. The van der Waals surface area contributed by atoms with Crippen molar-refractivity contribution in [2.75, 3.05) is 0 Å². The Labute approximate surface area is 111 Å². The van der Waals surface area contributed by atoms with Gasteiger partial charge in [-0.25, -0.2) is 4.79 Å². The van der Waals surface area contributed by atoms with E-state index in [-0.39, 0.29) is 0 Å². The molecule has 19 heavy (non-hydrogen) atoms. The highest BCUT2D eigenvalue weighted by atomic mass is 16.5. The zero-order chi connectivity index (χ0) is 14.4. The molecule has 0 saturated carbocycles. The van der Waals surface area contributed by atoms with Gasteiger partial charge in [0, 0.05) is 0 Å². The molecule has 0 heterocycles. The van der Waals surface area contributed by atoms with Crippen molar-refractivity contribution in [1.82, 2.24) is 5.32 Å². The largest absolute Gasteiger partial charge is 0.481 e. The van der Waals surface area contributed by atoms with Crippen molar-refractivity contribution in [2.24, 2.45) is 5.73 Å². The number of rotatable bonds is 5. The molecule has 6 nitrogen and oxygen atoms in total. The van der Waals surface area contributed by atoms with Gasteiger partial charge in [-0.1, -0.05) is 12.1 Å². The molecule has 0 aliphatic heterocycles. The number of imide groups is 1. The third kappa shape index (κ3) is 5.39. The number of amides is 3. The van der Waals surface area contributed by atoms with E-state index in [1.54, 1.807) is 31.2 Å². The highest BCUT2D eigenvalue weighted by Gasteiger charge is 2.15. The zero-order valence-corrected chi connectivity index (χ0v) is 10.9. The van der Waals surface area contributed by atoms with Crippen molar-refractivity contribution in [3.05, 3.63) is 29.8 Å². The summed E-state index contributed by atoms with van der Waals surface area (Å²) in [7, 11) is 0. The van der Waals surface area contributed by atoms with Gasteiger partial charge in [0.15, 0.2) is 6.10 Å². The lowest BCUT2D eigenvalue weighted by atomic mass is 10.1. The predicted octanol–water partition coefficient (Wildman–Crippen LogP) is 0.572. The van der Waals surface area contributed by atoms with Gasteiger partial charge in [0.1, 0.15) is 5.75 Å². The first-order chi connectivity index (χ1) is 8.88. The van der Waals surface area contributed by atoms with Crippen LogP contribution in [0.5, 0.6) is 5.75 Å². The van der Waals surface area contributed by atoms with Crippen molar-refractivity contribution in [3.63, 3.8) is 0 Å². The summed E-state index contributed by atoms with van der Waals surface area (Å²) in [5, 5.41) is 11.2. The molecule has 1 aromatic rings. The Morgan fingerprint density at radius 2 is 1.89 bits per heavy atom. The molecule has 0 saturated heterocycles. The minimum absolute atomic E-state index is 0.410. The second-order valence-corrected chi connectivity index (χ2v) is 4.31. The molecule has 2 unspecified atom stereocenters. The molecule has 0 aliphatic rings. The van der Waals surface area contributed by atoms with Gasteiger partial charge in [0.25, 0.3) is 5.91 Å². The molecule has 0 bridgehead atoms. The van der Waals surface area contributed by atoms with Crippen LogP contribution in [0, 0.1) is 0 Å². The molecule has 3 amide bonds. The number of aliphatic hydroxyl groups is 1. The fraction of sp³-hybridized carbons (Fsp3) is 0.385. The van der Waals surface area contributed by atoms with E-state index in [0.29, 0.717) is 12.2 Å². The molecule has 4 N–H and O–H groups in total. The van der Waals surface area contributed by atoms with Gasteiger partial charge in [-0.05, 0) is 38.0 Å². The average molecular weight is 266 g/mol. The normalized spacial score (nSPS) is 13.4. The Morgan fingerprint density at radius 1 is 1.32 bits per heavy atom. The molecule has 104 valence electrons. The third-order valence-corrected chi connectivity index (χ3v) is 2.38. The second-order valence-electron chi connectivity index (χ2n) is 4.31. The van der Waals surface area contributed by atoms with Crippen molar-refractivity contribution < 1.29 is 19.4 Å². The number of primary amides is 1. The third-order valence-electron chi connectivity index (χ3n) is 2.38. The Morgan fingerprint density at radius 3 is 2.37 bits per heavy atom. The number of nitrogens with two attached hydrogens (primary N) is 1. The first kappa shape index (κ1) is 15.0. The van der Waals surface area contributed by atoms with Gasteiger partial charge in [0.2, 0.25) is 0 Å². The summed E-state index contributed by atoms with van der Waals surface area (Å²) in [6.45, 7) is 3.22. The number of ether oxygens (including phenoxy) is 1. The van der Waals surface area contributed by atoms with Crippen LogP contribution in [0.25, 0.3) is 0 Å². The highest BCUT2D eigenvalue weighted by Crippen LogP contribution is 2.15. The van der Waals surface area contributed by atoms with Crippen LogP contribution in [0.4, 0.5) is 4.79 Å². The maximum absolute atomic E-state index is 11.4. The number of urea groups is 1. The van der Waals surface area contributed by atoms with Crippen LogP contribution < -0.4 is 15.8 Å². The molecule has 0 aromatic heterocycles. The van der Waals surface area contributed by atoms with E-state index >= 15 is 0 Å². The van der Waals surface area contributed by atoms with Crippen LogP contribution in [-0.2, 0) is 11.2 Å². The number of aliphatic hydroxyl groups excluding tert-OH is 1. The van der Waals surface area contributed by atoms with Gasteiger partial charge >= 0.3 is 6.03 Å². The first-order valence-corrected chi connectivity index (χ1v) is 5.92. The van der Waals surface area contributed by atoms with Crippen LogP contribution in [0.1, 0.15) is 19.4 Å². The summed E-state index contributed by atoms with van der Waals surface area (Å²) in [6.07, 6.45) is -0.681. The van der Waals surface area contributed by atoms with E-state index in [1.807, 2.05) is 5.32 Å². The predicted molar refractivity (Wildman–Crippen MR) is 69.6 cm³/mol. The molecule has 0 fully saturated rings.